The van der Waals surface area contributed by atoms with Crippen molar-refractivity contribution in [2.75, 3.05) is 40.0 Å². The number of nitrogens with zero attached hydrogens (tertiary/aromatic N) is 3. The van der Waals surface area contributed by atoms with E-state index in [4.69, 9.17) is 13.9 Å². The van der Waals surface area contributed by atoms with E-state index in [1.165, 1.54) is 0 Å². The zero-order valence-corrected chi connectivity index (χ0v) is 21.7. The second-order valence-corrected chi connectivity index (χ2v) is 9.45. The summed E-state index contributed by atoms with van der Waals surface area (Å²) in [5.41, 5.74) is 3.59. The monoisotopic (exact) mass is 502 g/mol. The summed E-state index contributed by atoms with van der Waals surface area (Å²) in [4.78, 5) is 20.7. The number of hydrogen-bond acceptors (Lipinski definition) is 6. The Kier molecular flexibility index (Phi) is 7.58. The molecule has 1 amide bonds. The summed E-state index contributed by atoms with van der Waals surface area (Å²) < 4.78 is 19.3. The molecule has 0 aliphatic carbocycles. The number of amides is 1. The van der Waals surface area contributed by atoms with Crippen molar-refractivity contribution in [1.29, 1.82) is 0 Å². The van der Waals surface area contributed by atoms with Crippen molar-refractivity contribution < 1.29 is 18.7 Å². The van der Waals surface area contributed by atoms with Crippen molar-refractivity contribution in [2.45, 2.75) is 32.9 Å². The van der Waals surface area contributed by atoms with Crippen LogP contribution < -0.4 is 10.1 Å². The second-order valence-electron chi connectivity index (χ2n) is 9.45. The third kappa shape index (κ3) is 5.40. The summed E-state index contributed by atoms with van der Waals surface area (Å²) in [6.07, 6.45) is 2.26. The Morgan fingerprint density at radius 3 is 2.57 bits per heavy atom. The van der Waals surface area contributed by atoms with Gasteiger partial charge < -0.3 is 23.8 Å². The highest BCUT2D eigenvalue weighted by molar-refractivity contribution is 6.09. The zero-order valence-electron chi connectivity index (χ0n) is 21.7. The quantitative estimate of drug-likeness (QED) is 0.368. The molecule has 3 heterocycles. The number of carbonyl (C=O) groups is 1. The molecule has 4 aromatic rings. The summed E-state index contributed by atoms with van der Waals surface area (Å²) in [5.74, 6) is 1.81. The topological polar surface area (TPSA) is 81.8 Å². The molecule has 0 radical (unpaired) electrons. The molecule has 0 bridgehead atoms. The number of rotatable bonds is 9. The van der Waals surface area contributed by atoms with Gasteiger partial charge in [-0.1, -0.05) is 42.5 Å². The minimum absolute atomic E-state index is 0.155. The van der Waals surface area contributed by atoms with E-state index in [2.05, 4.69) is 19.8 Å². The molecule has 0 saturated carbocycles. The average Bonchev–Trinajstić information content (AvgIpc) is 3.48. The van der Waals surface area contributed by atoms with Gasteiger partial charge >= 0.3 is 0 Å². The maximum absolute atomic E-state index is 13.9. The van der Waals surface area contributed by atoms with Crippen molar-refractivity contribution in [3.05, 3.63) is 83.2 Å². The minimum atomic E-state index is -0.402. The molecule has 8 nitrogen and oxygen atoms in total. The van der Waals surface area contributed by atoms with Crippen LogP contribution in [0.25, 0.3) is 10.9 Å². The van der Waals surface area contributed by atoms with Gasteiger partial charge in [-0.25, -0.2) is 4.98 Å². The maximum atomic E-state index is 13.9. The maximum Gasteiger partial charge on any atom is 0.254 e. The van der Waals surface area contributed by atoms with Crippen LogP contribution >= 0.6 is 0 Å². The van der Waals surface area contributed by atoms with E-state index in [1.54, 1.807) is 13.3 Å². The highest BCUT2D eigenvalue weighted by atomic mass is 16.5. The Bertz CT molecular complexity index is 1360. The molecule has 8 heteroatoms. The number of hydrogen-bond donors (Lipinski definition) is 1. The Morgan fingerprint density at radius 1 is 1.08 bits per heavy atom. The normalized spacial score (nSPS) is 15.1. The molecule has 1 atom stereocenters. The van der Waals surface area contributed by atoms with Crippen molar-refractivity contribution in [3.63, 3.8) is 0 Å². The number of para-hydroxylation sites is 1. The van der Waals surface area contributed by atoms with Gasteiger partial charge in [0.1, 0.15) is 17.6 Å². The van der Waals surface area contributed by atoms with Crippen LogP contribution in [0.15, 0.2) is 59.1 Å². The van der Waals surface area contributed by atoms with Gasteiger partial charge in [0, 0.05) is 43.7 Å². The van der Waals surface area contributed by atoms with E-state index in [9.17, 15) is 4.79 Å². The SMILES string of the molecule is COc1cccc2c(C(=O)NC(Cc3ccccc3)c3ncc(C)o3)c(C)n(CCN3CCOCC3)c12. The molecule has 37 heavy (non-hydrogen) atoms. The van der Waals surface area contributed by atoms with Crippen molar-refractivity contribution >= 4 is 16.8 Å². The Morgan fingerprint density at radius 2 is 1.86 bits per heavy atom. The largest absolute Gasteiger partial charge is 0.495 e. The fraction of sp³-hybridized carbons (Fsp3) is 0.379. The number of oxazole rings is 1. The molecule has 1 unspecified atom stereocenters. The van der Waals surface area contributed by atoms with Crippen LogP contribution in [-0.4, -0.2) is 60.3 Å². The predicted octanol–water partition coefficient (Wildman–Crippen LogP) is 4.30. The number of nitrogens with one attached hydrogen (secondary N) is 1. The van der Waals surface area contributed by atoms with Gasteiger partial charge in [-0.2, -0.15) is 0 Å². The molecule has 1 aliphatic heterocycles. The number of benzene rings is 2. The summed E-state index contributed by atoms with van der Waals surface area (Å²) >= 11 is 0. The number of ether oxygens (including phenoxy) is 2. The van der Waals surface area contributed by atoms with Gasteiger partial charge in [0.05, 0.1) is 37.6 Å². The summed E-state index contributed by atoms with van der Waals surface area (Å²) in [6.45, 7) is 8.84. The summed E-state index contributed by atoms with van der Waals surface area (Å²) in [5, 5.41) is 4.10. The van der Waals surface area contributed by atoms with Gasteiger partial charge in [-0.05, 0) is 25.5 Å². The smallest absolute Gasteiger partial charge is 0.254 e. The van der Waals surface area contributed by atoms with E-state index < -0.39 is 6.04 Å². The predicted molar refractivity (Wildman–Crippen MR) is 142 cm³/mol. The number of fused-ring (bicyclic) bond motifs is 1. The molecule has 5 rings (SSSR count). The van der Waals surface area contributed by atoms with Crippen LogP contribution in [0.1, 0.15) is 39.3 Å². The fourth-order valence-corrected chi connectivity index (χ4v) is 5.11. The van der Waals surface area contributed by atoms with Gasteiger partial charge in [-0.3, -0.25) is 9.69 Å². The highest BCUT2D eigenvalue weighted by Gasteiger charge is 2.27. The third-order valence-corrected chi connectivity index (χ3v) is 7.02. The number of aromatic nitrogens is 2. The molecule has 1 aliphatic rings. The minimum Gasteiger partial charge on any atom is -0.495 e. The lowest BCUT2D eigenvalue weighted by atomic mass is 10.0. The van der Waals surface area contributed by atoms with E-state index >= 15 is 0 Å². The first-order valence-corrected chi connectivity index (χ1v) is 12.8. The Balaban J connectivity index is 1.48. The first-order valence-electron chi connectivity index (χ1n) is 12.8. The fourth-order valence-electron chi connectivity index (χ4n) is 5.11. The molecular weight excluding hydrogens is 468 g/mol. The molecule has 1 fully saturated rings. The molecule has 0 spiro atoms. The summed E-state index contributed by atoms with van der Waals surface area (Å²) in [7, 11) is 1.67. The van der Waals surface area contributed by atoms with Crippen molar-refractivity contribution in [3.8, 4) is 5.75 Å². The van der Waals surface area contributed by atoms with E-state index in [-0.39, 0.29) is 5.91 Å². The molecular formula is C29H34N4O4. The van der Waals surface area contributed by atoms with Gasteiger partial charge in [0.15, 0.2) is 0 Å². The van der Waals surface area contributed by atoms with Crippen LogP contribution in [0.5, 0.6) is 5.75 Å². The number of carbonyl (C=O) groups excluding carboxylic acids is 1. The molecule has 1 N–H and O–H groups in total. The van der Waals surface area contributed by atoms with Crippen LogP contribution in [0, 0.1) is 13.8 Å². The van der Waals surface area contributed by atoms with Gasteiger partial charge in [0.25, 0.3) is 5.91 Å². The third-order valence-electron chi connectivity index (χ3n) is 7.02. The van der Waals surface area contributed by atoms with Crippen LogP contribution in [-0.2, 0) is 17.7 Å². The second kappa shape index (κ2) is 11.2. The van der Waals surface area contributed by atoms with E-state index in [0.29, 0.717) is 23.6 Å². The number of methoxy groups -OCH3 is 1. The Labute approximate surface area is 217 Å². The zero-order chi connectivity index (χ0) is 25.8. The van der Waals surface area contributed by atoms with Gasteiger partial charge in [-0.15, -0.1) is 0 Å². The average molecular weight is 503 g/mol. The van der Waals surface area contributed by atoms with Gasteiger partial charge in [0.2, 0.25) is 5.89 Å². The van der Waals surface area contributed by atoms with Crippen LogP contribution in [0.3, 0.4) is 0 Å². The van der Waals surface area contributed by atoms with Crippen LogP contribution in [0.2, 0.25) is 0 Å². The lowest BCUT2D eigenvalue weighted by Gasteiger charge is -2.27. The molecule has 1 saturated heterocycles. The highest BCUT2D eigenvalue weighted by Crippen LogP contribution is 2.33. The summed E-state index contributed by atoms with van der Waals surface area (Å²) in [6, 6.07) is 15.5. The Hall–Kier alpha value is -3.62. The molecule has 2 aromatic carbocycles. The molecule has 194 valence electrons. The van der Waals surface area contributed by atoms with Crippen molar-refractivity contribution in [2.24, 2.45) is 0 Å². The van der Waals surface area contributed by atoms with E-state index in [0.717, 1.165) is 67.3 Å². The lowest BCUT2D eigenvalue weighted by molar-refractivity contribution is 0.0365. The standard InChI is InChI=1S/C29H34N4O4/c1-20-19-30-29(37-20)24(18-22-8-5-4-6-9-22)31-28(34)26-21(2)33(13-12-32-14-16-36-17-15-32)27-23(26)10-7-11-25(27)35-3/h4-11,19,24H,12-18H2,1-3H3,(H,31,34). The first-order chi connectivity index (χ1) is 18.0. The number of aryl methyl sites for hydroxylation is 1. The van der Waals surface area contributed by atoms with Crippen LogP contribution in [0.4, 0.5) is 0 Å². The lowest BCUT2D eigenvalue weighted by Crippen LogP contribution is -2.38. The van der Waals surface area contributed by atoms with E-state index in [1.807, 2.05) is 62.4 Å². The number of morpholine rings is 1. The van der Waals surface area contributed by atoms with Crippen molar-refractivity contribution in [1.82, 2.24) is 19.8 Å². The first kappa shape index (κ1) is 25.0. The molecule has 2 aromatic heterocycles.